The maximum atomic E-state index is 13.2. The molecule has 4 rings (SSSR count). The van der Waals surface area contributed by atoms with Gasteiger partial charge in [-0.2, -0.15) is 0 Å². The second kappa shape index (κ2) is 8.86. The van der Waals surface area contributed by atoms with Crippen LogP contribution in [0.1, 0.15) is 41.0 Å². The molecule has 6 heteroatoms. The average molecular weight is 418 g/mol. The monoisotopic (exact) mass is 417 g/mol. The molecule has 0 saturated carbocycles. The summed E-state index contributed by atoms with van der Waals surface area (Å²) in [6, 6.07) is 15.4. The number of aryl methyl sites for hydroxylation is 1. The molecule has 2 aromatic carbocycles. The minimum absolute atomic E-state index is 0.341. The number of hydrogen-bond donors (Lipinski definition) is 1. The van der Waals surface area contributed by atoms with Gasteiger partial charge in [-0.25, -0.2) is 4.79 Å². The third-order valence-electron chi connectivity index (χ3n) is 5.68. The molecule has 6 nitrogen and oxygen atoms in total. The van der Waals surface area contributed by atoms with Crippen LogP contribution in [0.25, 0.3) is 10.9 Å². The standard InChI is InChI=1S/C25H27N3O3/c1-16(2)28-13-12-22-20(14-28)24(19-6-4-5-7-21(19)27-22)25(30)31-15-23(29)26-18-10-8-17(3)9-11-18/h4-11,16H,12-15H2,1-3H3,(H,26,29). The number of anilines is 1. The first-order valence-corrected chi connectivity index (χ1v) is 10.6. The van der Waals surface area contributed by atoms with Gasteiger partial charge in [-0.1, -0.05) is 35.9 Å². The lowest BCUT2D eigenvalue weighted by Gasteiger charge is -2.32. The van der Waals surface area contributed by atoms with Gasteiger partial charge in [0.1, 0.15) is 0 Å². The van der Waals surface area contributed by atoms with Crippen LogP contribution in [-0.4, -0.2) is 41.0 Å². The topological polar surface area (TPSA) is 71.5 Å². The van der Waals surface area contributed by atoms with Crippen LogP contribution < -0.4 is 5.32 Å². The van der Waals surface area contributed by atoms with Crippen molar-refractivity contribution in [2.75, 3.05) is 18.5 Å². The van der Waals surface area contributed by atoms with E-state index in [-0.39, 0.29) is 12.5 Å². The van der Waals surface area contributed by atoms with Crippen LogP contribution in [0, 0.1) is 6.92 Å². The molecule has 0 unspecified atom stereocenters. The lowest BCUT2D eigenvalue weighted by atomic mass is 9.95. The number of para-hydroxylation sites is 1. The Labute approximate surface area is 182 Å². The summed E-state index contributed by atoms with van der Waals surface area (Å²) in [5, 5.41) is 3.52. The Balaban J connectivity index is 1.57. The summed E-state index contributed by atoms with van der Waals surface area (Å²) in [7, 11) is 0. The quantitative estimate of drug-likeness (QED) is 0.633. The van der Waals surface area contributed by atoms with Crippen LogP contribution in [0.2, 0.25) is 0 Å². The van der Waals surface area contributed by atoms with Crippen molar-refractivity contribution in [2.24, 2.45) is 0 Å². The highest BCUT2D eigenvalue weighted by Crippen LogP contribution is 2.29. The van der Waals surface area contributed by atoms with Gasteiger partial charge in [0.2, 0.25) is 0 Å². The van der Waals surface area contributed by atoms with E-state index in [9.17, 15) is 9.59 Å². The molecule has 0 bridgehead atoms. The molecule has 2 heterocycles. The largest absolute Gasteiger partial charge is 0.452 e. The van der Waals surface area contributed by atoms with Crippen molar-refractivity contribution >= 4 is 28.5 Å². The number of rotatable bonds is 5. The molecule has 1 aliphatic heterocycles. The summed E-state index contributed by atoms with van der Waals surface area (Å²) in [6.07, 6.45) is 0.784. The van der Waals surface area contributed by atoms with Gasteiger partial charge in [-0.05, 0) is 39.0 Å². The van der Waals surface area contributed by atoms with E-state index < -0.39 is 5.97 Å². The number of aromatic nitrogens is 1. The highest BCUT2D eigenvalue weighted by Gasteiger charge is 2.27. The van der Waals surface area contributed by atoms with Crippen LogP contribution >= 0.6 is 0 Å². The Kier molecular flexibility index (Phi) is 6.00. The minimum Gasteiger partial charge on any atom is -0.452 e. The Morgan fingerprint density at radius 3 is 2.61 bits per heavy atom. The van der Waals surface area contributed by atoms with E-state index in [1.807, 2.05) is 55.5 Å². The first-order chi connectivity index (χ1) is 14.9. The predicted octanol–water partition coefficient (Wildman–Crippen LogP) is 4.11. The number of nitrogens with one attached hydrogen (secondary N) is 1. The molecule has 1 amide bonds. The van der Waals surface area contributed by atoms with Crippen molar-refractivity contribution in [3.05, 3.63) is 70.9 Å². The van der Waals surface area contributed by atoms with Crippen LogP contribution in [0.3, 0.4) is 0 Å². The van der Waals surface area contributed by atoms with Crippen molar-refractivity contribution in [3.63, 3.8) is 0 Å². The molecule has 1 aromatic heterocycles. The second-order valence-corrected chi connectivity index (χ2v) is 8.23. The number of amides is 1. The van der Waals surface area contributed by atoms with E-state index in [1.54, 1.807) is 0 Å². The zero-order valence-corrected chi connectivity index (χ0v) is 18.1. The van der Waals surface area contributed by atoms with Crippen molar-refractivity contribution < 1.29 is 14.3 Å². The van der Waals surface area contributed by atoms with Crippen LogP contribution in [-0.2, 0) is 22.5 Å². The molecule has 1 N–H and O–H groups in total. The summed E-state index contributed by atoms with van der Waals surface area (Å²) in [5.74, 6) is -0.854. The van der Waals surface area contributed by atoms with Gasteiger partial charge < -0.3 is 10.1 Å². The molecule has 0 atom stereocenters. The molecule has 0 radical (unpaired) electrons. The van der Waals surface area contributed by atoms with Gasteiger partial charge in [0, 0.05) is 47.9 Å². The van der Waals surface area contributed by atoms with Crippen molar-refractivity contribution in [1.29, 1.82) is 0 Å². The zero-order valence-electron chi connectivity index (χ0n) is 18.1. The maximum absolute atomic E-state index is 13.2. The number of carbonyl (C=O) groups is 2. The maximum Gasteiger partial charge on any atom is 0.339 e. The van der Waals surface area contributed by atoms with E-state index in [1.165, 1.54) is 0 Å². The van der Waals surface area contributed by atoms with Gasteiger partial charge in [-0.15, -0.1) is 0 Å². The Bertz CT molecular complexity index is 1120. The number of fused-ring (bicyclic) bond motifs is 2. The van der Waals surface area contributed by atoms with Gasteiger partial charge in [0.25, 0.3) is 5.91 Å². The summed E-state index contributed by atoms with van der Waals surface area (Å²) in [5.41, 5.74) is 4.92. The second-order valence-electron chi connectivity index (χ2n) is 8.23. The lowest BCUT2D eigenvalue weighted by Crippen LogP contribution is -2.37. The minimum atomic E-state index is -0.487. The molecule has 0 spiro atoms. The molecule has 0 aliphatic carbocycles. The van der Waals surface area contributed by atoms with E-state index in [4.69, 9.17) is 9.72 Å². The van der Waals surface area contributed by atoms with Crippen molar-refractivity contribution in [3.8, 4) is 0 Å². The molecule has 1 aliphatic rings. The molecule has 0 fully saturated rings. The Hall–Kier alpha value is -3.25. The predicted molar refractivity (Wildman–Crippen MR) is 121 cm³/mol. The first-order valence-electron chi connectivity index (χ1n) is 10.6. The van der Waals surface area contributed by atoms with E-state index in [0.717, 1.165) is 40.7 Å². The Morgan fingerprint density at radius 2 is 1.87 bits per heavy atom. The normalized spacial score (nSPS) is 13.8. The first kappa shape index (κ1) is 21.0. The number of pyridine rings is 1. The van der Waals surface area contributed by atoms with Gasteiger partial charge in [0.15, 0.2) is 6.61 Å². The summed E-state index contributed by atoms with van der Waals surface area (Å²) in [4.78, 5) is 32.6. The highest BCUT2D eigenvalue weighted by atomic mass is 16.5. The van der Waals surface area contributed by atoms with Gasteiger partial charge >= 0.3 is 5.97 Å². The highest BCUT2D eigenvalue weighted by molar-refractivity contribution is 6.06. The fourth-order valence-electron chi connectivity index (χ4n) is 3.92. The molecule has 160 valence electrons. The zero-order chi connectivity index (χ0) is 22.0. The third-order valence-corrected chi connectivity index (χ3v) is 5.68. The number of ether oxygens (including phenoxy) is 1. The number of nitrogens with zero attached hydrogens (tertiary/aromatic N) is 2. The van der Waals surface area contributed by atoms with Gasteiger partial charge in [0.05, 0.1) is 11.1 Å². The van der Waals surface area contributed by atoms with Crippen LogP contribution in [0.4, 0.5) is 5.69 Å². The number of hydrogen-bond acceptors (Lipinski definition) is 5. The molecular formula is C25H27N3O3. The van der Waals surface area contributed by atoms with E-state index in [0.29, 0.717) is 23.8 Å². The SMILES string of the molecule is Cc1ccc(NC(=O)COC(=O)c2c3c(nc4ccccc24)CCN(C(C)C)C3)cc1. The summed E-state index contributed by atoms with van der Waals surface area (Å²) >= 11 is 0. The molecular weight excluding hydrogens is 390 g/mol. The van der Waals surface area contributed by atoms with Gasteiger partial charge in [-0.3, -0.25) is 14.7 Å². The average Bonchev–Trinajstić information content (AvgIpc) is 2.77. The van der Waals surface area contributed by atoms with E-state index in [2.05, 4.69) is 24.1 Å². The lowest BCUT2D eigenvalue weighted by molar-refractivity contribution is -0.119. The van der Waals surface area contributed by atoms with Crippen molar-refractivity contribution in [2.45, 2.75) is 39.8 Å². The Morgan fingerprint density at radius 1 is 1.13 bits per heavy atom. The van der Waals surface area contributed by atoms with E-state index >= 15 is 0 Å². The smallest absolute Gasteiger partial charge is 0.339 e. The molecule has 0 saturated heterocycles. The molecule has 31 heavy (non-hydrogen) atoms. The molecule has 3 aromatic rings. The van der Waals surface area contributed by atoms with Crippen LogP contribution in [0.5, 0.6) is 0 Å². The number of esters is 1. The summed E-state index contributed by atoms with van der Waals surface area (Å²) < 4.78 is 5.46. The third kappa shape index (κ3) is 4.59. The van der Waals surface area contributed by atoms with Crippen LogP contribution in [0.15, 0.2) is 48.5 Å². The fraction of sp³-hybridized carbons (Fsp3) is 0.320. The number of carbonyl (C=O) groups excluding carboxylic acids is 2. The van der Waals surface area contributed by atoms with Crippen molar-refractivity contribution in [1.82, 2.24) is 9.88 Å². The summed E-state index contributed by atoms with van der Waals surface area (Å²) in [6.45, 7) is 7.48. The fourth-order valence-corrected chi connectivity index (χ4v) is 3.92. The number of benzene rings is 2.